The molecule has 2 aromatic heterocycles. The number of anilines is 1. The third kappa shape index (κ3) is 3.83. The van der Waals surface area contributed by atoms with Gasteiger partial charge in [-0.05, 0) is 37.8 Å². The van der Waals surface area contributed by atoms with E-state index in [9.17, 15) is 9.90 Å². The third-order valence-corrected chi connectivity index (χ3v) is 4.73. The van der Waals surface area contributed by atoms with Crippen molar-refractivity contribution in [2.75, 3.05) is 18.4 Å². The SMILES string of the molecule is Cc1nsc(NC(=O)N2CCC([C@H](O)c3ccccn3)CC2)n1. The van der Waals surface area contributed by atoms with Gasteiger partial charge < -0.3 is 10.0 Å². The molecule has 1 saturated heterocycles. The van der Waals surface area contributed by atoms with E-state index in [2.05, 4.69) is 19.7 Å². The van der Waals surface area contributed by atoms with Crippen LogP contribution < -0.4 is 5.32 Å². The Morgan fingerprint density at radius 2 is 2.22 bits per heavy atom. The fourth-order valence-corrected chi connectivity index (χ4v) is 3.29. The fourth-order valence-electron chi connectivity index (χ4n) is 2.73. The number of rotatable bonds is 3. The molecule has 1 aliphatic heterocycles. The normalized spacial score (nSPS) is 17.0. The van der Waals surface area contributed by atoms with Gasteiger partial charge in [0.15, 0.2) is 0 Å². The van der Waals surface area contributed by atoms with Crippen molar-refractivity contribution >= 4 is 22.7 Å². The van der Waals surface area contributed by atoms with E-state index < -0.39 is 6.10 Å². The van der Waals surface area contributed by atoms with Crippen LogP contribution in [0.25, 0.3) is 0 Å². The summed E-state index contributed by atoms with van der Waals surface area (Å²) in [6.07, 6.45) is 2.61. The number of nitrogens with one attached hydrogen (secondary N) is 1. The van der Waals surface area contributed by atoms with Gasteiger partial charge in [-0.15, -0.1) is 0 Å². The number of pyridine rings is 1. The predicted octanol–water partition coefficient (Wildman–Crippen LogP) is 2.22. The summed E-state index contributed by atoms with van der Waals surface area (Å²) >= 11 is 1.18. The average Bonchev–Trinajstić information content (AvgIpc) is 3.00. The van der Waals surface area contributed by atoms with Crippen molar-refractivity contribution in [3.8, 4) is 0 Å². The molecule has 2 aromatic rings. The molecule has 0 spiro atoms. The van der Waals surface area contributed by atoms with Gasteiger partial charge in [0.25, 0.3) is 0 Å². The molecule has 0 bridgehead atoms. The summed E-state index contributed by atoms with van der Waals surface area (Å²) in [6, 6.07) is 5.38. The van der Waals surface area contributed by atoms with E-state index in [1.807, 2.05) is 18.2 Å². The number of aromatic nitrogens is 3. The van der Waals surface area contributed by atoms with E-state index in [-0.39, 0.29) is 11.9 Å². The lowest BCUT2D eigenvalue weighted by Gasteiger charge is -2.33. The molecule has 23 heavy (non-hydrogen) atoms. The van der Waals surface area contributed by atoms with Gasteiger partial charge in [0.2, 0.25) is 5.13 Å². The molecule has 1 fully saturated rings. The van der Waals surface area contributed by atoms with Gasteiger partial charge >= 0.3 is 6.03 Å². The summed E-state index contributed by atoms with van der Waals surface area (Å²) in [7, 11) is 0. The number of aryl methyl sites for hydroxylation is 1. The second kappa shape index (κ2) is 7.01. The zero-order chi connectivity index (χ0) is 16.2. The first-order valence-electron chi connectivity index (χ1n) is 7.58. The maximum atomic E-state index is 12.2. The van der Waals surface area contributed by atoms with Gasteiger partial charge in [0.05, 0.1) is 11.8 Å². The van der Waals surface area contributed by atoms with Crippen LogP contribution in [0.1, 0.15) is 30.5 Å². The average molecular weight is 333 g/mol. The first-order chi connectivity index (χ1) is 11.1. The van der Waals surface area contributed by atoms with Crippen LogP contribution in [0.15, 0.2) is 24.4 Å². The van der Waals surface area contributed by atoms with Crippen molar-refractivity contribution in [3.63, 3.8) is 0 Å². The Morgan fingerprint density at radius 3 is 2.83 bits per heavy atom. The smallest absolute Gasteiger partial charge is 0.323 e. The van der Waals surface area contributed by atoms with Crippen LogP contribution in [0, 0.1) is 12.8 Å². The molecule has 3 heterocycles. The van der Waals surface area contributed by atoms with Crippen molar-refractivity contribution in [3.05, 3.63) is 35.9 Å². The summed E-state index contributed by atoms with van der Waals surface area (Å²) in [4.78, 5) is 22.3. The maximum Gasteiger partial charge on any atom is 0.323 e. The molecule has 8 heteroatoms. The Labute approximate surface area is 138 Å². The van der Waals surface area contributed by atoms with Crippen molar-refractivity contribution < 1.29 is 9.90 Å². The molecule has 2 N–H and O–H groups in total. The summed E-state index contributed by atoms with van der Waals surface area (Å²) < 4.78 is 4.04. The fraction of sp³-hybridized carbons (Fsp3) is 0.467. The third-order valence-electron chi connectivity index (χ3n) is 4.01. The molecule has 122 valence electrons. The van der Waals surface area contributed by atoms with Crippen molar-refractivity contribution in [1.82, 2.24) is 19.2 Å². The number of piperidine rings is 1. The van der Waals surface area contributed by atoms with Crippen LogP contribution in [0.2, 0.25) is 0 Å². The summed E-state index contributed by atoms with van der Waals surface area (Å²) in [5.41, 5.74) is 0.694. The highest BCUT2D eigenvalue weighted by atomic mass is 32.1. The van der Waals surface area contributed by atoms with E-state index in [0.717, 1.165) is 12.8 Å². The number of likely N-dealkylation sites (tertiary alicyclic amines) is 1. The van der Waals surface area contributed by atoms with Crippen LogP contribution in [0.5, 0.6) is 0 Å². The Kier molecular flexibility index (Phi) is 4.82. The number of carbonyl (C=O) groups is 1. The molecule has 0 aromatic carbocycles. The molecule has 7 nitrogen and oxygen atoms in total. The number of hydrogen-bond donors (Lipinski definition) is 2. The van der Waals surface area contributed by atoms with Gasteiger partial charge in [0.1, 0.15) is 5.82 Å². The van der Waals surface area contributed by atoms with E-state index in [1.165, 1.54) is 11.5 Å². The van der Waals surface area contributed by atoms with Crippen LogP contribution in [0.3, 0.4) is 0 Å². The molecule has 0 saturated carbocycles. The van der Waals surface area contributed by atoms with E-state index in [4.69, 9.17) is 0 Å². The van der Waals surface area contributed by atoms with Gasteiger partial charge in [-0.2, -0.15) is 4.37 Å². The van der Waals surface area contributed by atoms with Crippen molar-refractivity contribution in [2.24, 2.45) is 5.92 Å². The monoisotopic (exact) mass is 333 g/mol. The number of aliphatic hydroxyl groups is 1. The lowest BCUT2D eigenvalue weighted by molar-refractivity contribution is 0.0652. The first-order valence-corrected chi connectivity index (χ1v) is 8.36. The molecule has 1 atom stereocenters. The largest absolute Gasteiger partial charge is 0.387 e. The second-order valence-corrected chi connectivity index (χ2v) is 6.35. The van der Waals surface area contributed by atoms with Gasteiger partial charge in [-0.1, -0.05) is 6.07 Å². The molecule has 3 rings (SSSR count). The second-order valence-electron chi connectivity index (χ2n) is 5.60. The number of urea groups is 1. The lowest BCUT2D eigenvalue weighted by atomic mass is 9.89. The predicted molar refractivity (Wildman–Crippen MR) is 87.2 cm³/mol. The van der Waals surface area contributed by atoms with Crippen LogP contribution in [0.4, 0.5) is 9.93 Å². The highest BCUT2D eigenvalue weighted by Gasteiger charge is 2.29. The molecular weight excluding hydrogens is 314 g/mol. The van der Waals surface area contributed by atoms with Gasteiger partial charge in [-0.25, -0.2) is 9.78 Å². The number of carbonyl (C=O) groups excluding carboxylic acids is 1. The first kappa shape index (κ1) is 15.8. The van der Waals surface area contributed by atoms with Gasteiger partial charge in [-0.3, -0.25) is 10.3 Å². The minimum Gasteiger partial charge on any atom is -0.387 e. The standard InChI is InChI=1S/C15H19N5O2S/c1-10-17-14(23-19-10)18-15(22)20-8-5-11(6-9-20)13(21)12-4-2-3-7-16-12/h2-4,7,11,13,21H,5-6,8-9H2,1H3,(H,17,18,19,22)/t13-/m0/s1. The Balaban J connectivity index is 1.53. The summed E-state index contributed by atoms with van der Waals surface area (Å²) in [6.45, 7) is 3.01. The zero-order valence-corrected chi connectivity index (χ0v) is 13.7. The Morgan fingerprint density at radius 1 is 1.43 bits per heavy atom. The summed E-state index contributed by atoms with van der Waals surface area (Å²) in [5, 5.41) is 13.7. The quantitative estimate of drug-likeness (QED) is 0.898. The Hall–Kier alpha value is -2.06. The molecular formula is C15H19N5O2S. The van der Waals surface area contributed by atoms with E-state index in [0.29, 0.717) is 29.7 Å². The number of nitrogens with zero attached hydrogens (tertiary/aromatic N) is 4. The van der Waals surface area contributed by atoms with Gasteiger partial charge in [0, 0.05) is 30.8 Å². The van der Waals surface area contributed by atoms with Crippen LogP contribution in [-0.2, 0) is 0 Å². The van der Waals surface area contributed by atoms with Crippen molar-refractivity contribution in [1.29, 1.82) is 0 Å². The number of hydrogen-bond acceptors (Lipinski definition) is 6. The van der Waals surface area contributed by atoms with Crippen LogP contribution >= 0.6 is 11.5 Å². The molecule has 0 aliphatic carbocycles. The van der Waals surface area contributed by atoms with Crippen molar-refractivity contribution in [2.45, 2.75) is 25.9 Å². The van der Waals surface area contributed by atoms with E-state index >= 15 is 0 Å². The molecule has 0 unspecified atom stereocenters. The molecule has 2 amide bonds. The highest BCUT2D eigenvalue weighted by Crippen LogP contribution is 2.29. The number of amides is 2. The Bertz CT molecular complexity index is 655. The number of aliphatic hydroxyl groups excluding tert-OH is 1. The molecule has 1 aliphatic rings. The summed E-state index contributed by atoms with van der Waals surface area (Å²) in [5.74, 6) is 0.778. The molecule has 0 radical (unpaired) electrons. The minimum atomic E-state index is -0.577. The zero-order valence-electron chi connectivity index (χ0n) is 12.8. The van der Waals surface area contributed by atoms with Crippen LogP contribution in [-0.4, -0.2) is 43.5 Å². The topological polar surface area (TPSA) is 91.2 Å². The highest BCUT2D eigenvalue weighted by molar-refractivity contribution is 7.09. The maximum absolute atomic E-state index is 12.2. The minimum absolute atomic E-state index is 0.123. The lowest BCUT2D eigenvalue weighted by Crippen LogP contribution is -2.42. The van der Waals surface area contributed by atoms with E-state index in [1.54, 1.807) is 18.0 Å².